The number of hydrogen-bond donors (Lipinski definition) is 0. The highest BCUT2D eigenvalue weighted by Crippen LogP contribution is 2.28. The largest absolute Gasteiger partial charge is 0.543 e. The zero-order valence-corrected chi connectivity index (χ0v) is 15.3. The standard InChI is InChI=1S/C22H16N2O5/c25-19-10-14(17-8-12-4-3-5-13(12)9-18(17)29-19)11-24-21(26)16-7-2-1-6-15(16)20(23-24)22(27)28/h1-2,6-10H,3-5,11H2,(H,27,28)/p-1. The Kier molecular flexibility index (Phi) is 3.84. The van der Waals surface area contributed by atoms with Gasteiger partial charge in [-0.2, -0.15) is 5.10 Å². The first-order chi connectivity index (χ1) is 14.0. The molecular weight excluding hydrogens is 372 g/mol. The van der Waals surface area contributed by atoms with Crippen LogP contribution in [-0.4, -0.2) is 15.7 Å². The number of rotatable bonds is 3. The molecule has 2 heterocycles. The Morgan fingerprint density at radius 2 is 1.76 bits per heavy atom. The summed E-state index contributed by atoms with van der Waals surface area (Å²) in [6, 6.07) is 11.6. The summed E-state index contributed by atoms with van der Waals surface area (Å²) in [6.07, 6.45) is 2.94. The van der Waals surface area contributed by atoms with Crippen molar-refractivity contribution in [3.63, 3.8) is 0 Å². The summed E-state index contributed by atoms with van der Waals surface area (Å²) in [7, 11) is 0. The minimum atomic E-state index is -1.47. The molecule has 0 fully saturated rings. The lowest BCUT2D eigenvalue weighted by Gasteiger charge is -2.13. The fourth-order valence-corrected chi connectivity index (χ4v) is 4.08. The quantitative estimate of drug-likeness (QED) is 0.492. The Morgan fingerprint density at radius 1 is 1.03 bits per heavy atom. The highest BCUT2D eigenvalue weighted by atomic mass is 16.4. The van der Waals surface area contributed by atoms with Crippen LogP contribution in [0.4, 0.5) is 0 Å². The van der Waals surface area contributed by atoms with E-state index in [9.17, 15) is 19.5 Å². The van der Waals surface area contributed by atoms with E-state index in [2.05, 4.69) is 5.10 Å². The number of carbonyl (C=O) groups excluding carboxylic acids is 1. The average molecular weight is 387 g/mol. The van der Waals surface area contributed by atoms with Crippen molar-refractivity contribution >= 4 is 27.7 Å². The first-order valence-corrected chi connectivity index (χ1v) is 9.31. The van der Waals surface area contributed by atoms with Gasteiger partial charge in [-0.25, -0.2) is 9.48 Å². The van der Waals surface area contributed by atoms with Crippen molar-refractivity contribution in [2.45, 2.75) is 25.8 Å². The van der Waals surface area contributed by atoms with Crippen molar-refractivity contribution in [1.29, 1.82) is 0 Å². The van der Waals surface area contributed by atoms with Crippen LogP contribution >= 0.6 is 0 Å². The fraction of sp³-hybridized carbons (Fsp3) is 0.182. The van der Waals surface area contributed by atoms with Crippen molar-refractivity contribution in [3.05, 3.63) is 85.6 Å². The van der Waals surface area contributed by atoms with E-state index in [1.165, 1.54) is 17.7 Å². The Morgan fingerprint density at radius 3 is 2.52 bits per heavy atom. The van der Waals surface area contributed by atoms with Gasteiger partial charge in [0.1, 0.15) is 11.3 Å². The molecule has 29 heavy (non-hydrogen) atoms. The number of aryl methyl sites for hydroxylation is 2. The monoisotopic (exact) mass is 387 g/mol. The van der Waals surface area contributed by atoms with E-state index < -0.39 is 17.2 Å². The molecule has 1 aliphatic carbocycles. The van der Waals surface area contributed by atoms with Gasteiger partial charge in [-0.05, 0) is 54.2 Å². The maximum absolute atomic E-state index is 12.9. The van der Waals surface area contributed by atoms with Crippen molar-refractivity contribution in [1.82, 2.24) is 9.78 Å². The third kappa shape index (κ3) is 2.82. The van der Waals surface area contributed by atoms with Gasteiger partial charge in [0, 0.05) is 16.8 Å². The second kappa shape index (κ2) is 6.41. The highest BCUT2D eigenvalue weighted by Gasteiger charge is 2.17. The molecule has 0 unspecified atom stereocenters. The van der Waals surface area contributed by atoms with Crippen molar-refractivity contribution in [3.8, 4) is 0 Å². The minimum Gasteiger partial charge on any atom is -0.543 e. The fourth-order valence-electron chi connectivity index (χ4n) is 4.08. The summed E-state index contributed by atoms with van der Waals surface area (Å²) in [5.41, 5.74) is 2.10. The van der Waals surface area contributed by atoms with Crippen LogP contribution < -0.4 is 16.3 Å². The van der Waals surface area contributed by atoms with E-state index in [0.29, 0.717) is 11.1 Å². The van der Waals surface area contributed by atoms with Crippen LogP contribution in [0.3, 0.4) is 0 Å². The van der Waals surface area contributed by atoms with Crippen LogP contribution in [-0.2, 0) is 19.4 Å². The van der Waals surface area contributed by atoms with Gasteiger partial charge in [-0.15, -0.1) is 0 Å². The van der Waals surface area contributed by atoms with E-state index in [4.69, 9.17) is 4.42 Å². The summed E-state index contributed by atoms with van der Waals surface area (Å²) in [6.45, 7) is -0.0508. The Bertz CT molecular complexity index is 1430. The number of benzene rings is 2. The number of nitrogens with zero attached hydrogens (tertiary/aromatic N) is 2. The molecule has 0 aliphatic heterocycles. The number of carbonyl (C=O) groups is 1. The van der Waals surface area contributed by atoms with Gasteiger partial charge < -0.3 is 14.3 Å². The predicted molar refractivity (Wildman–Crippen MR) is 104 cm³/mol. The van der Waals surface area contributed by atoms with Crippen LogP contribution in [0.25, 0.3) is 21.7 Å². The molecule has 5 rings (SSSR count). The third-order valence-corrected chi connectivity index (χ3v) is 5.42. The van der Waals surface area contributed by atoms with Gasteiger partial charge in [0.2, 0.25) is 0 Å². The summed E-state index contributed by atoms with van der Waals surface area (Å²) in [4.78, 5) is 36.6. The van der Waals surface area contributed by atoms with Gasteiger partial charge in [0.05, 0.1) is 17.9 Å². The molecule has 2 aromatic carbocycles. The van der Waals surface area contributed by atoms with Gasteiger partial charge in [-0.1, -0.05) is 18.2 Å². The Balaban J connectivity index is 1.73. The molecule has 2 aromatic heterocycles. The number of aromatic carboxylic acids is 1. The average Bonchev–Trinajstić information content (AvgIpc) is 3.15. The second-order valence-electron chi connectivity index (χ2n) is 7.21. The molecule has 1 aliphatic rings. The summed E-state index contributed by atoms with van der Waals surface area (Å²) < 4.78 is 6.42. The molecule has 0 N–H and O–H groups in total. The van der Waals surface area contributed by atoms with Crippen molar-refractivity contribution in [2.75, 3.05) is 0 Å². The van der Waals surface area contributed by atoms with Gasteiger partial charge in [-0.3, -0.25) is 4.79 Å². The van der Waals surface area contributed by atoms with E-state index in [0.717, 1.165) is 34.9 Å². The molecule has 0 saturated heterocycles. The molecule has 0 atom stereocenters. The topological polar surface area (TPSA) is 105 Å². The van der Waals surface area contributed by atoms with Crippen LogP contribution in [0.5, 0.6) is 0 Å². The summed E-state index contributed by atoms with van der Waals surface area (Å²) >= 11 is 0. The van der Waals surface area contributed by atoms with Crippen LogP contribution in [0.1, 0.15) is 33.6 Å². The zero-order chi connectivity index (χ0) is 20.1. The molecule has 0 bridgehead atoms. The normalized spacial score (nSPS) is 13.1. The van der Waals surface area contributed by atoms with Crippen LogP contribution in [0.2, 0.25) is 0 Å². The number of carboxylic acids is 1. The molecular formula is C22H15N2O5-. The SMILES string of the molecule is O=C([O-])c1nn(Cc2cc(=O)oc3cc4c(cc23)CCC4)c(=O)c2ccccc12. The number of hydrogen-bond acceptors (Lipinski definition) is 6. The smallest absolute Gasteiger partial charge is 0.336 e. The molecule has 0 saturated carbocycles. The van der Waals surface area contributed by atoms with Crippen molar-refractivity contribution in [2.24, 2.45) is 0 Å². The Labute approximate surface area is 163 Å². The molecule has 0 radical (unpaired) electrons. The number of aromatic nitrogens is 2. The summed E-state index contributed by atoms with van der Waals surface area (Å²) in [5, 5.41) is 16.8. The van der Waals surface area contributed by atoms with E-state index in [1.54, 1.807) is 18.2 Å². The second-order valence-corrected chi connectivity index (χ2v) is 7.21. The zero-order valence-electron chi connectivity index (χ0n) is 15.3. The first-order valence-electron chi connectivity index (χ1n) is 9.31. The van der Waals surface area contributed by atoms with Gasteiger partial charge in [0.25, 0.3) is 5.56 Å². The molecule has 7 nitrogen and oxygen atoms in total. The van der Waals surface area contributed by atoms with Crippen molar-refractivity contribution < 1.29 is 14.3 Å². The lowest BCUT2D eigenvalue weighted by Crippen LogP contribution is -2.31. The molecule has 144 valence electrons. The Hall–Kier alpha value is -3.74. The molecule has 7 heteroatoms. The maximum Gasteiger partial charge on any atom is 0.336 e. The lowest BCUT2D eigenvalue weighted by atomic mass is 10.0. The molecule has 0 amide bonds. The first kappa shape index (κ1) is 17.4. The highest BCUT2D eigenvalue weighted by molar-refractivity contribution is 6.00. The maximum atomic E-state index is 12.9. The van der Waals surface area contributed by atoms with E-state index >= 15 is 0 Å². The van der Waals surface area contributed by atoms with Crippen LogP contribution in [0.15, 0.2) is 56.5 Å². The van der Waals surface area contributed by atoms with Crippen LogP contribution in [0, 0.1) is 0 Å². The third-order valence-electron chi connectivity index (χ3n) is 5.42. The molecule has 0 spiro atoms. The number of carboxylic acid groups (broad SMARTS) is 1. The summed E-state index contributed by atoms with van der Waals surface area (Å²) in [5.74, 6) is -1.47. The van der Waals surface area contributed by atoms with E-state index in [1.807, 2.05) is 12.1 Å². The lowest BCUT2D eigenvalue weighted by molar-refractivity contribution is -0.255. The molecule has 4 aromatic rings. The van der Waals surface area contributed by atoms with E-state index in [-0.39, 0.29) is 23.0 Å². The minimum absolute atomic E-state index is 0.0508. The predicted octanol–water partition coefficient (Wildman–Crippen LogP) is 1.40. The van der Waals surface area contributed by atoms with Gasteiger partial charge in [0.15, 0.2) is 0 Å². The number of fused-ring (bicyclic) bond motifs is 3. The van der Waals surface area contributed by atoms with Gasteiger partial charge >= 0.3 is 5.63 Å².